The lowest BCUT2D eigenvalue weighted by Gasteiger charge is -2.37. The molecule has 1 aliphatic carbocycles. The summed E-state index contributed by atoms with van der Waals surface area (Å²) in [5, 5.41) is 0. The smallest absolute Gasteiger partial charge is 0.236 e. The van der Waals surface area contributed by atoms with Gasteiger partial charge in [-0.15, -0.1) is 0 Å². The summed E-state index contributed by atoms with van der Waals surface area (Å²) >= 11 is 0. The van der Waals surface area contributed by atoms with Crippen LogP contribution in [0.2, 0.25) is 0 Å². The second-order valence-electron chi connectivity index (χ2n) is 6.99. The van der Waals surface area contributed by atoms with Gasteiger partial charge in [-0.3, -0.25) is 9.69 Å². The van der Waals surface area contributed by atoms with Crippen LogP contribution in [0.5, 0.6) is 0 Å². The Morgan fingerprint density at radius 1 is 1.09 bits per heavy atom. The molecule has 1 aliphatic heterocycles. The number of hydrogen-bond donors (Lipinski definition) is 0. The van der Waals surface area contributed by atoms with E-state index in [-0.39, 0.29) is 11.7 Å². The Labute approximate surface area is 140 Å². The minimum atomic E-state index is -3.10. The Bertz CT molecular complexity index is 493. The zero-order valence-corrected chi connectivity index (χ0v) is 15.5. The van der Waals surface area contributed by atoms with E-state index in [1.54, 1.807) is 11.2 Å². The van der Waals surface area contributed by atoms with Crippen LogP contribution in [-0.2, 0) is 14.8 Å². The highest BCUT2D eigenvalue weighted by molar-refractivity contribution is 7.89. The van der Waals surface area contributed by atoms with E-state index in [0.29, 0.717) is 38.8 Å². The Kier molecular flexibility index (Phi) is 6.45. The lowest BCUT2D eigenvalue weighted by atomic mass is 9.87. The normalized spacial score (nSPS) is 27.8. The summed E-state index contributed by atoms with van der Waals surface area (Å²) in [6.45, 7) is 6.62. The third kappa shape index (κ3) is 4.90. The quantitative estimate of drug-likeness (QED) is 0.746. The van der Waals surface area contributed by atoms with Crippen LogP contribution in [0.15, 0.2) is 0 Å². The fourth-order valence-corrected chi connectivity index (χ4v) is 4.57. The molecule has 1 heterocycles. The lowest BCUT2D eigenvalue weighted by molar-refractivity contribution is -0.134. The number of carbonyl (C=O) groups is 1. The molecule has 0 N–H and O–H groups in total. The Hall–Kier alpha value is -0.660. The third-order valence-corrected chi connectivity index (χ3v) is 7.26. The van der Waals surface area contributed by atoms with E-state index in [1.807, 2.05) is 11.9 Å². The first-order chi connectivity index (χ1) is 10.8. The van der Waals surface area contributed by atoms with Crippen LogP contribution >= 0.6 is 0 Å². The molecule has 0 aromatic heterocycles. The van der Waals surface area contributed by atoms with E-state index >= 15 is 0 Å². The first-order valence-electron chi connectivity index (χ1n) is 8.79. The van der Waals surface area contributed by atoms with Gasteiger partial charge in [0.15, 0.2) is 0 Å². The third-order valence-electron chi connectivity index (χ3n) is 5.37. The molecule has 6 nitrogen and oxygen atoms in total. The van der Waals surface area contributed by atoms with E-state index in [2.05, 4.69) is 11.8 Å². The first-order valence-corrected chi connectivity index (χ1v) is 10.4. The molecule has 23 heavy (non-hydrogen) atoms. The molecule has 0 atom stereocenters. The fourth-order valence-electron chi connectivity index (χ4n) is 3.48. The molecule has 0 bridgehead atoms. The van der Waals surface area contributed by atoms with Gasteiger partial charge in [0.25, 0.3) is 0 Å². The minimum Gasteiger partial charge on any atom is -0.342 e. The van der Waals surface area contributed by atoms with Gasteiger partial charge in [0.1, 0.15) is 0 Å². The molecule has 134 valence electrons. The molecule has 0 unspecified atom stereocenters. The van der Waals surface area contributed by atoms with Gasteiger partial charge in [0.2, 0.25) is 15.9 Å². The van der Waals surface area contributed by atoms with E-state index in [9.17, 15) is 13.2 Å². The number of sulfonamides is 1. The van der Waals surface area contributed by atoms with Crippen molar-refractivity contribution in [2.45, 2.75) is 45.6 Å². The van der Waals surface area contributed by atoms with Gasteiger partial charge >= 0.3 is 0 Å². The maximum Gasteiger partial charge on any atom is 0.236 e. The molecule has 2 rings (SSSR count). The van der Waals surface area contributed by atoms with Crippen LogP contribution in [-0.4, -0.2) is 80.0 Å². The molecule has 1 saturated heterocycles. The molecule has 0 radical (unpaired) electrons. The largest absolute Gasteiger partial charge is 0.342 e. The van der Waals surface area contributed by atoms with Crippen LogP contribution in [0.1, 0.15) is 39.5 Å². The van der Waals surface area contributed by atoms with Crippen molar-refractivity contribution in [2.75, 3.05) is 45.5 Å². The summed E-state index contributed by atoms with van der Waals surface area (Å²) in [5.74, 6) is 1.09. The highest BCUT2D eigenvalue weighted by atomic mass is 32.2. The van der Waals surface area contributed by atoms with Crippen LogP contribution in [0, 0.1) is 5.92 Å². The molecular weight excluding hydrogens is 314 g/mol. The molecule has 2 fully saturated rings. The van der Waals surface area contributed by atoms with Gasteiger partial charge in [-0.05, 0) is 38.5 Å². The maximum atomic E-state index is 12.5. The highest BCUT2D eigenvalue weighted by Gasteiger charge is 2.29. The average Bonchev–Trinajstić information content (AvgIpc) is 2.55. The van der Waals surface area contributed by atoms with E-state index in [1.165, 1.54) is 12.8 Å². The molecule has 0 spiro atoms. The number of carbonyl (C=O) groups excluding carboxylic acids is 1. The summed E-state index contributed by atoms with van der Waals surface area (Å²) in [6, 6.07) is 0.375. The lowest BCUT2D eigenvalue weighted by Crippen LogP contribution is -2.52. The van der Waals surface area contributed by atoms with Crippen LogP contribution in [0.3, 0.4) is 0 Å². The van der Waals surface area contributed by atoms with Crippen molar-refractivity contribution in [1.82, 2.24) is 14.1 Å². The maximum absolute atomic E-state index is 12.5. The minimum absolute atomic E-state index is 0.148. The van der Waals surface area contributed by atoms with Crippen molar-refractivity contribution in [3.8, 4) is 0 Å². The summed E-state index contributed by atoms with van der Waals surface area (Å²) in [4.78, 5) is 16.5. The number of likely N-dealkylation sites (N-methyl/N-ethyl adjacent to an activating group) is 1. The predicted molar refractivity (Wildman–Crippen MR) is 91.7 cm³/mol. The summed E-state index contributed by atoms with van der Waals surface area (Å²) in [6.07, 6.45) is 4.61. The van der Waals surface area contributed by atoms with E-state index in [4.69, 9.17) is 0 Å². The van der Waals surface area contributed by atoms with Crippen molar-refractivity contribution < 1.29 is 13.2 Å². The summed E-state index contributed by atoms with van der Waals surface area (Å²) in [5.41, 5.74) is 0. The van der Waals surface area contributed by atoms with Crippen LogP contribution < -0.4 is 0 Å². The zero-order valence-electron chi connectivity index (χ0n) is 14.7. The predicted octanol–water partition coefficient (Wildman–Crippen LogP) is 0.991. The van der Waals surface area contributed by atoms with Gasteiger partial charge in [-0.2, -0.15) is 4.31 Å². The fraction of sp³-hybridized carbons (Fsp3) is 0.938. The standard InChI is InChI=1S/C16H31N3O3S/c1-4-23(21,22)19-11-9-18(10-12-19)13-16(20)17(3)15-7-5-14(2)6-8-15/h14-15H,4-13H2,1-3H3. The van der Waals surface area contributed by atoms with Gasteiger partial charge in [-0.1, -0.05) is 6.92 Å². The number of piperazine rings is 1. The van der Waals surface area contributed by atoms with Crippen LogP contribution in [0.4, 0.5) is 0 Å². The summed E-state index contributed by atoms with van der Waals surface area (Å²) in [7, 11) is -1.18. The molecule has 0 aromatic carbocycles. The van der Waals surface area contributed by atoms with Crippen LogP contribution in [0.25, 0.3) is 0 Å². The Morgan fingerprint density at radius 3 is 2.17 bits per heavy atom. The zero-order chi connectivity index (χ0) is 17.0. The van der Waals surface area contributed by atoms with Crippen molar-refractivity contribution in [2.24, 2.45) is 5.92 Å². The molecule has 7 heteroatoms. The van der Waals surface area contributed by atoms with Crippen molar-refractivity contribution >= 4 is 15.9 Å². The monoisotopic (exact) mass is 345 g/mol. The van der Waals surface area contributed by atoms with Crippen molar-refractivity contribution in [1.29, 1.82) is 0 Å². The molecular formula is C16H31N3O3S. The van der Waals surface area contributed by atoms with Gasteiger partial charge < -0.3 is 4.90 Å². The Balaban J connectivity index is 1.78. The second-order valence-corrected chi connectivity index (χ2v) is 9.25. The second kappa shape index (κ2) is 7.94. The molecule has 2 aliphatic rings. The van der Waals surface area contributed by atoms with Gasteiger partial charge in [-0.25, -0.2) is 8.42 Å². The number of nitrogens with zero attached hydrogens (tertiary/aromatic N) is 3. The Morgan fingerprint density at radius 2 is 1.65 bits per heavy atom. The molecule has 0 aromatic rings. The highest BCUT2D eigenvalue weighted by Crippen LogP contribution is 2.26. The number of hydrogen-bond acceptors (Lipinski definition) is 4. The van der Waals surface area contributed by atoms with Gasteiger partial charge in [0.05, 0.1) is 12.3 Å². The SMILES string of the molecule is CCS(=O)(=O)N1CCN(CC(=O)N(C)C2CCC(C)CC2)CC1. The average molecular weight is 346 g/mol. The summed E-state index contributed by atoms with van der Waals surface area (Å²) < 4.78 is 25.3. The first kappa shape index (κ1) is 18.7. The topological polar surface area (TPSA) is 60.9 Å². The molecule has 1 saturated carbocycles. The van der Waals surface area contributed by atoms with E-state index < -0.39 is 10.0 Å². The van der Waals surface area contributed by atoms with Crippen molar-refractivity contribution in [3.05, 3.63) is 0 Å². The van der Waals surface area contributed by atoms with E-state index in [0.717, 1.165) is 18.8 Å². The number of rotatable bonds is 5. The van der Waals surface area contributed by atoms with Gasteiger partial charge in [0, 0.05) is 39.3 Å². The number of amides is 1. The molecule has 1 amide bonds. The van der Waals surface area contributed by atoms with Crippen molar-refractivity contribution in [3.63, 3.8) is 0 Å².